The van der Waals surface area contributed by atoms with Crippen molar-refractivity contribution in [2.24, 2.45) is 0 Å². The minimum Gasteiger partial charge on any atom is -0.481 e. The van der Waals surface area contributed by atoms with Gasteiger partial charge in [0.15, 0.2) is 5.13 Å². The maximum atomic E-state index is 11.2. The lowest BCUT2D eigenvalue weighted by Crippen LogP contribution is -2.28. The summed E-state index contributed by atoms with van der Waals surface area (Å²) in [5, 5.41) is 15.5. The van der Waals surface area contributed by atoms with Crippen LogP contribution in [0.15, 0.2) is 23.6 Å². The summed E-state index contributed by atoms with van der Waals surface area (Å²) in [6, 6.07) is 5.58. The molecule has 1 aromatic heterocycles. The van der Waals surface area contributed by atoms with Crippen LogP contribution in [0.4, 0.5) is 10.8 Å². The normalized spacial score (nSPS) is 11.4. The zero-order valence-electron chi connectivity index (χ0n) is 11.4. The van der Waals surface area contributed by atoms with Gasteiger partial charge in [-0.1, -0.05) is 17.7 Å². The second-order valence-corrected chi connectivity index (χ2v) is 6.27. The van der Waals surface area contributed by atoms with Gasteiger partial charge in [-0.05, 0) is 38.5 Å². The SMILES string of the molecule is Cc1c(Cl)cccc1Nc1nc(C(C)(C)C(=O)O)cs1. The molecule has 106 valence electrons. The number of carboxylic acid groups (broad SMARTS) is 1. The highest BCUT2D eigenvalue weighted by atomic mass is 35.5. The number of hydrogen-bond donors (Lipinski definition) is 2. The van der Waals surface area contributed by atoms with Gasteiger partial charge in [0.25, 0.3) is 0 Å². The van der Waals surface area contributed by atoms with Crippen LogP contribution in [0.5, 0.6) is 0 Å². The Kier molecular flexibility index (Phi) is 4.01. The van der Waals surface area contributed by atoms with Crippen molar-refractivity contribution in [1.82, 2.24) is 4.98 Å². The second kappa shape index (κ2) is 5.42. The molecule has 1 aromatic carbocycles. The first-order chi connectivity index (χ1) is 9.32. The fourth-order valence-corrected chi connectivity index (χ4v) is 2.65. The van der Waals surface area contributed by atoms with Gasteiger partial charge < -0.3 is 10.4 Å². The molecule has 4 nitrogen and oxygen atoms in total. The van der Waals surface area contributed by atoms with Crippen molar-refractivity contribution in [3.63, 3.8) is 0 Å². The van der Waals surface area contributed by atoms with Crippen molar-refractivity contribution < 1.29 is 9.90 Å². The number of hydrogen-bond acceptors (Lipinski definition) is 4. The molecule has 20 heavy (non-hydrogen) atoms. The fourth-order valence-electron chi connectivity index (χ4n) is 1.59. The number of benzene rings is 1. The summed E-state index contributed by atoms with van der Waals surface area (Å²) in [5.74, 6) is -0.895. The summed E-state index contributed by atoms with van der Waals surface area (Å²) in [6.45, 7) is 5.19. The predicted octanol–water partition coefficient (Wildman–Crippen LogP) is 4.21. The lowest BCUT2D eigenvalue weighted by atomic mass is 9.90. The van der Waals surface area contributed by atoms with Crippen molar-refractivity contribution in [3.05, 3.63) is 39.9 Å². The molecule has 0 aliphatic rings. The van der Waals surface area contributed by atoms with E-state index in [-0.39, 0.29) is 0 Å². The number of nitrogens with zero attached hydrogens (tertiary/aromatic N) is 1. The smallest absolute Gasteiger partial charge is 0.315 e. The van der Waals surface area contributed by atoms with E-state index in [1.54, 1.807) is 19.2 Å². The minimum absolute atomic E-state index is 0.539. The first-order valence-corrected chi connectivity index (χ1v) is 7.29. The van der Waals surface area contributed by atoms with Crippen molar-refractivity contribution >= 4 is 39.7 Å². The standard InChI is InChI=1S/C14H15ClN2O2S/c1-8-9(15)5-4-6-10(8)16-13-17-11(7-20-13)14(2,3)12(18)19/h4-7H,1-3H3,(H,16,17)(H,18,19). The number of nitrogens with one attached hydrogen (secondary N) is 1. The number of aliphatic carboxylic acids is 1. The molecule has 0 saturated heterocycles. The summed E-state index contributed by atoms with van der Waals surface area (Å²) in [4.78, 5) is 15.6. The molecule has 0 aliphatic heterocycles. The summed E-state index contributed by atoms with van der Waals surface area (Å²) in [5.41, 5.74) is 1.34. The van der Waals surface area contributed by atoms with Crippen molar-refractivity contribution in [3.8, 4) is 0 Å². The van der Waals surface area contributed by atoms with Crippen LogP contribution >= 0.6 is 22.9 Å². The van der Waals surface area contributed by atoms with E-state index in [1.165, 1.54) is 11.3 Å². The monoisotopic (exact) mass is 310 g/mol. The highest BCUT2D eigenvalue weighted by Gasteiger charge is 2.32. The molecule has 0 unspecified atom stereocenters. The largest absolute Gasteiger partial charge is 0.481 e. The van der Waals surface area contributed by atoms with Crippen molar-refractivity contribution in [2.75, 3.05) is 5.32 Å². The van der Waals surface area contributed by atoms with E-state index in [4.69, 9.17) is 11.6 Å². The molecule has 1 heterocycles. The van der Waals surface area contributed by atoms with Crippen LogP contribution in [0.2, 0.25) is 5.02 Å². The Morgan fingerprint density at radius 2 is 2.15 bits per heavy atom. The molecule has 2 N–H and O–H groups in total. The third kappa shape index (κ3) is 2.78. The number of carboxylic acids is 1. The van der Waals surface area contributed by atoms with Gasteiger partial charge in [-0.15, -0.1) is 11.3 Å². The van der Waals surface area contributed by atoms with Gasteiger partial charge in [0, 0.05) is 16.1 Å². The number of anilines is 2. The first-order valence-electron chi connectivity index (χ1n) is 6.04. The highest BCUT2D eigenvalue weighted by Crippen LogP contribution is 2.31. The third-order valence-corrected chi connectivity index (χ3v) is 4.36. The lowest BCUT2D eigenvalue weighted by Gasteiger charge is -2.15. The number of thiazole rings is 1. The molecule has 0 aliphatic carbocycles. The molecule has 2 aromatic rings. The van der Waals surface area contributed by atoms with E-state index in [2.05, 4.69) is 10.3 Å². The third-order valence-electron chi connectivity index (χ3n) is 3.19. The first kappa shape index (κ1) is 14.8. The van der Waals surface area contributed by atoms with E-state index in [1.807, 2.05) is 25.1 Å². The summed E-state index contributed by atoms with van der Waals surface area (Å²) in [6.07, 6.45) is 0. The zero-order valence-corrected chi connectivity index (χ0v) is 13.0. The Balaban J connectivity index is 2.26. The molecule has 0 radical (unpaired) electrons. The molecule has 0 amide bonds. The van der Waals surface area contributed by atoms with Crippen LogP contribution in [0.1, 0.15) is 25.1 Å². The predicted molar refractivity (Wildman–Crippen MR) is 82.2 cm³/mol. The van der Waals surface area contributed by atoms with E-state index in [0.717, 1.165) is 11.3 Å². The van der Waals surface area contributed by atoms with Crippen LogP contribution in [0.25, 0.3) is 0 Å². The summed E-state index contributed by atoms with van der Waals surface area (Å²) >= 11 is 7.44. The van der Waals surface area contributed by atoms with Crippen molar-refractivity contribution in [1.29, 1.82) is 0 Å². The van der Waals surface area contributed by atoms with Crippen LogP contribution in [-0.2, 0) is 10.2 Å². The zero-order chi connectivity index (χ0) is 14.9. The van der Waals surface area contributed by atoms with Crippen molar-refractivity contribution in [2.45, 2.75) is 26.2 Å². The Morgan fingerprint density at radius 3 is 2.80 bits per heavy atom. The van der Waals surface area contributed by atoms with Crippen LogP contribution in [0.3, 0.4) is 0 Å². The number of rotatable bonds is 4. The maximum absolute atomic E-state index is 11.2. The number of halogens is 1. The van der Waals surface area contributed by atoms with Gasteiger partial charge in [-0.2, -0.15) is 0 Å². The molecule has 0 fully saturated rings. The van der Waals surface area contributed by atoms with Gasteiger partial charge >= 0.3 is 5.97 Å². The molecular weight excluding hydrogens is 296 g/mol. The number of carbonyl (C=O) groups is 1. The average Bonchev–Trinajstić information content (AvgIpc) is 2.84. The van der Waals surface area contributed by atoms with E-state index in [0.29, 0.717) is 15.8 Å². The van der Waals surface area contributed by atoms with Gasteiger partial charge in [-0.25, -0.2) is 4.98 Å². The van der Waals surface area contributed by atoms with Crippen LogP contribution < -0.4 is 5.32 Å². The second-order valence-electron chi connectivity index (χ2n) is 5.01. The van der Waals surface area contributed by atoms with Gasteiger partial charge in [-0.3, -0.25) is 4.79 Å². The molecule has 0 bridgehead atoms. The van der Waals surface area contributed by atoms with Gasteiger partial charge in [0.05, 0.1) is 5.69 Å². The lowest BCUT2D eigenvalue weighted by molar-refractivity contribution is -0.142. The minimum atomic E-state index is -1.00. The molecular formula is C14H15ClN2O2S. The Bertz CT molecular complexity index is 652. The average molecular weight is 311 g/mol. The van der Waals surface area contributed by atoms with Crippen LogP contribution in [0, 0.1) is 6.92 Å². The van der Waals surface area contributed by atoms with E-state index in [9.17, 15) is 9.90 Å². The van der Waals surface area contributed by atoms with Gasteiger partial charge in [0.1, 0.15) is 5.41 Å². The Labute approximate surface area is 126 Å². The van der Waals surface area contributed by atoms with E-state index >= 15 is 0 Å². The molecule has 2 rings (SSSR count). The quantitative estimate of drug-likeness (QED) is 0.888. The molecule has 0 saturated carbocycles. The Morgan fingerprint density at radius 1 is 1.45 bits per heavy atom. The highest BCUT2D eigenvalue weighted by molar-refractivity contribution is 7.13. The molecule has 0 spiro atoms. The summed E-state index contributed by atoms with van der Waals surface area (Å²) in [7, 11) is 0. The van der Waals surface area contributed by atoms with Crippen LogP contribution in [-0.4, -0.2) is 16.1 Å². The maximum Gasteiger partial charge on any atom is 0.315 e. The summed E-state index contributed by atoms with van der Waals surface area (Å²) < 4.78 is 0. The van der Waals surface area contributed by atoms with E-state index < -0.39 is 11.4 Å². The Hall–Kier alpha value is -1.59. The van der Waals surface area contributed by atoms with Gasteiger partial charge in [0.2, 0.25) is 0 Å². The fraction of sp³-hybridized carbons (Fsp3) is 0.286. The number of aromatic nitrogens is 1. The molecule has 6 heteroatoms. The topological polar surface area (TPSA) is 62.2 Å². The molecule has 0 atom stereocenters.